The molecule has 11 heavy (non-hydrogen) atoms. The number of hydrogen-bond donors (Lipinski definition) is 0. The molecular formula is C7H12FN3. The number of aryl methyl sites for hydroxylation is 1. The average Bonchev–Trinajstić information content (AvgIpc) is 2.08. The Morgan fingerprint density at radius 3 is 2.09 bits per heavy atom. The van der Waals surface area contributed by atoms with E-state index in [1.807, 2.05) is 20.8 Å². The molecule has 1 aromatic rings. The van der Waals surface area contributed by atoms with E-state index >= 15 is 0 Å². The highest BCUT2D eigenvalue weighted by Gasteiger charge is 2.18. The molecule has 0 aliphatic heterocycles. The van der Waals surface area contributed by atoms with Crippen LogP contribution in [0.15, 0.2) is 0 Å². The van der Waals surface area contributed by atoms with Crippen molar-refractivity contribution in [3.8, 4) is 0 Å². The second-order valence-corrected chi connectivity index (χ2v) is 3.51. The van der Waals surface area contributed by atoms with Crippen LogP contribution < -0.4 is 0 Å². The molecule has 0 spiro atoms. The minimum Gasteiger partial charge on any atom is -0.242 e. The van der Waals surface area contributed by atoms with Gasteiger partial charge in [0.25, 0.3) is 0 Å². The summed E-state index contributed by atoms with van der Waals surface area (Å²) in [6, 6.07) is 0. The zero-order valence-electron chi connectivity index (χ0n) is 7.22. The van der Waals surface area contributed by atoms with Gasteiger partial charge in [-0.15, -0.1) is 5.10 Å². The lowest BCUT2D eigenvalue weighted by Gasteiger charge is -2.19. The average molecular weight is 157 g/mol. The first kappa shape index (κ1) is 8.17. The van der Waals surface area contributed by atoms with Gasteiger partial charge in [0.05, 0.1) is 5.54 Å². The monoisotopic (exact) mass is 157 g/mol. The Morgan fingerprint density at radius 2 is 1.91 bits per heavy atom. The number of aromatic nitrogens is 3. The maximum absolute atomic E-state index is 12.5. The Kier molecular flexibility index (Phi) is 1.70. The van der Waals surface area contributed by atoms with Crippen molar-refractivity contribution < 1.29 is 4.39 Å². The topological polar surface area (TPSA) is 30.7 Å². The molecule has 0 unspecified atom stereocenters. The maximum atomic E-state index is 12.5. The zero-order chi connectivity index (χ0) is 8.65. The quantitative estimate of drug-likeness (QED) is 0.571. The molecule has 62 valence electrons. The largest absolute Gasteiger partial charge is 0.327 e. The van der Waals surface area contributed by atoms with Crippen LogP contribution in [-0.4, -0.2) is 14.8 Å². The lowest BCUT2D eigenvalue weighted by molar-refractivity contribution is 0.335. The normalized spacial score (nSPS) is 12.1. The van der Waals surface area contributed by atoms with Crippen LogP contribution in [0.2, 0.25) is 0 Å². The van der Waals surface area contributed by atoms with Gasteiger partial charge in [-0.1, -0.05) is 0 Å². The number of hydrogen-bond acceptors (Lipinski definition) is 2. The third-order valence-corrected chi connectivity index (χ3v) is 1.38. The van der Waals surface area contributed by atoms with Gasteiger partial charge in [-0.05, 0) is 27.7 Å². The van der Waals surface area contributed by atoms with E-state index in [4.69, 9.17) is 0 Å². The number of nitrogens with zero attached hydrogens (tertiary/aromatic N) is 3. The Labute approximate surface area is 65.2 Å². The summed E-state index contributed by atoms with van der Waals surface area (Å²) in [7, 11) is 0. The Bertz CT molecular complexity index is 259. The molecular weight excluding hydrogens is 145 g/mol. The first-order chi connectivity index (χ1) is 4.91. The summed E-state index contributed by atoms with van der Waals surface area (Å²) in [6.07, 6.45) is -0.655. The molecule has 0 saturated heterocycles. The van der Waals surface area contributed by atoms with E-state index in [1.165, 1.54) is 0 Å². The second-order valence-electron chi connectivity index (χ2n) is 3.51. The van der Waals surface area contributed by atoms with Crippen molar-refractivity contribution in [1.82, 2.24) is 14.8 Å². The fraction of sp³-hybridized carbons (Fsp3) is 0.714. The molecule has 0 aliphatic carbocycles. The van der Waals surface area contributed by atoms with Crippen molar-refractivity contribution in [2.24, 2.45) is 0 Å². The molecule has 0 aromatic carbocycles. The van der Waals surface area contributed by atoms with Crippen LogP contribution in [0.1, 0.15) is 26.6 Å². The molecule has 0 N–H and O–H groups in total. The second kappa shape index (κ2) is 2.29. The predicted molar refractivity (Wildman–Crippen MR) is 39.7 cm³/mol. The number of halogens is 1. The highest BCUT2D eigenvalue weighted by molar-refractivity contribution is 4.86. The van der Waals surface area contributed by atoms with E-state index < -0.39 is 6.08 Å². The molecule has 1 rings (SSSR count). The molecule has 0 atom stereocenters. The van der Waals surface area contributed by atoms with Gasteiger partial charge in [0, 0.05) is 0 Å². The molecule has 0 radical (unpaired) electrons. The van der Waals surface area contributed by atoms with E-state index in [0.29, 0.717) is 5.82 Å². The molecule has 0 fully saturated rings. The highest BCUT2D eigenvalue weighted by atomic mass is 19.1. The van der Waals surface area contributed by atoms with Crippen molar-refractivity contribution in [2.45, 2.75) is 33.2 Å². The lowest BCUT2D eigenvalue weighted by atomic mass is 10.1. The molecule has 3 nitrogen and oxygen atoms in total. The van der Waals surface area contributed by atoms with Crippen LogP contribution in [0.5, 0.6) is 0 Å². The van der Waals surface area contributed by atoms with Gasteiger partial charge in [-0.25, -0.2) is 4.68 Å². The summed E-state index contributed by atoms with van der Waals surface area (Å²) < 4.78 is 14.0. The minimum atomic E-state index is -0.655. The van der Waals surface area contributed by atoms with Gasteiger partial charge in [-0.2, -0.15) is 9.37 Å². The van der Waals surface area contributed by atoms with Crippen LogP contribution in [0.4, 0.5) is 4.39 Å². The zero-order valence-corrected chi connectivity index (χ0v) is 7.22. The molecule has 0 aliphatic rings. The molecule has 4 heteroatoms. The van der Waals surface area contributed by atoms with Gasteiger partial charge in [0.2, 0.25) is 0 Å². The first-order valence-electron chi connectivity index (χ1n) is 3.51. The van der Waals surface area contributed by atoms with E-state index in [-0.39, 0.29) is 5.54 Å². The maximum Gasteiger partial charge on any atom is 0.327 e. The SMILES string of the molecule is Cc1nc(F)nn1C(C)(C)C. The summed E-state index contributed by atoms with van der Waals surface area (Å²) in [5.74, 6) is 0.606. The Hall–Kier alpha value is -0.930. The third-order valence-electron chi connectivity index (χ3n) is 1.38. The van der Waals surface area contributed by atoms with Crippen molar-refractivity contribution >= 4 is 0 Å². The van der Waals surface area contributed by atoms with Crippen LogP contribution >= 0.6 is 0 Å². The Balaban J connectivity index is 3.13. The minimum absolute atomic E-state index is 0.193. The first-order valence-corrected chi connectivity index (χ1v) is 3.51. The third kappa shape index (κ3) is 1.56. The van der Waals surface area contributed by atoms with Crippen molar-refractivity contribution in [2.75, 3.05) is 0 Å². The van der Waals surface area contributed by atoms with Crippen LogP contribution in [0.25, 0.3) is 0 Å². The van der Waals surface area contributed by atoms with Crippen molar-refractivity contribution in [3.63, 3.8) is 0 Å². The van der Waals surface area contributed by atoms with E-state index in [1.54, 1.807) is 11.6 Å². The summed E-state index contributed by atoms with van der Waals surface area (Å²) in [5.41, 5.74) is -0.193. The summed E-state index contributed by atoms with van der Waals surface area (Å²) >= 11 is 0. The Morgan fingerprint density at radius 1 is 1.36 bits per heavy atom. The van der Waals surface area contributed by atoms with Crippen molar-refractivity contribution in [1.29, 1.82) is 0 Å². The molecule has 0 bridgehead atoms. The van der Waals surface area contributed by atoms with E-state index in [2.05, 4.69) is 10.1 Å². The smallest absolute Gasteiger partial charge is 0.242 e. The van der Waals surface area contributed by atoms with Gasteiger partial charge < -0.3 is 0 Å². The molecule has 0 amide bonds. The lowest BCUT2D eigenvalue weighted by Crippen LogP contribution is -2.24. The summed E-state index contributed by atoms with van der Waals surface area (Å²) in [5, 5.41) is 3.62. The number of rotatable bonds is 0. The van der Waals surface area contributed by atoms with Gasteiger partial charge in [-0.3, -0.25) is 0 Å². The van der Waals surface area contributed by atoms with Gasteiger partial charge in [0.15, 0.2) is 0 Å². The van der Waals surface area contributed by atoms with Crippen molar-refractivity contribution in [3.05, 3.63) is 11.9 Å². The summed E-state index contributed by atoms with van der Waals surface area (Å²) in [6.45, 7) is 7.59. The van der Waals surface area contributed by atoms with E-state index in [9.17, 15) is 4.39 Å². The summed E-state index contributed by atoms with van der Waals surface area (Å²) in [4.78, 5) is 3.56. The fourth-order valence-electron chi connectivity index (χ4n) is 0.994. The van der Waals surface area contributed by atoms with Gasteiger partial charge in [0.1, 0.15) is 5.82 Å². The molecule has 1 aromatic heterocycles. The van der Waals surface area contributed by atoms with Crippen LogP contribution in [0.3, 0.4) is 0 Å². The van der Waals surface area contributed by atoms with E-state index in [0.717, 1.165) is 0 Å². The molecule has 1 heterocycles. The standard InChI is InChI=1S/C7H12FN3/c1-5-9-6(8)10-11(5)7(2,3)4/h1-4H3. The van der Waals surface area contributed by atoms with Crippen LogP contribution in [0, 0.1) is 13.0 Å². The fourth-order valence-corrected chi connectivity index (χ4v) is 0.994. The van der Waals surface area contributed by atoms with Crippen LogP contribution in [-0.2, 0) is 5.54 Å². The highest BCUT2D eigenvalue weighted by Crippen LogP contribution is 2.13. The predicted octanol–water partition coefficient (Wildman–Crippen LogP) is 1.48. The molecule has 0 saturated carbocycles. The van der Waals surface area contributed by atoms with Gasteiger partial charge >= 0.3 is 6.08 Å².